The Balaban J connectivity index is 1.30. The molecule has 3 aliphatic rings. The number of phenolic OH excluding ortho intramolecular Hbond substituents is 1. The Bertz CT molecular complexity index is 2410. The summed E-state index contributed by atoms with van der Waals surface area (Å²) in [6.07, 6.45) is 3.27. The fraction of sp³-hybridized carbons (Fsp3) is 0.333. The number of aromatic nitrogens is 5. The number of hydrogen-bond donors (Lipinski definition) is 1. The molecule has 0 saturated carbocycles. The van der Waals surface area contributed by atoms with Crippen molar-refractivity contribution in [2.75, 3.05) is 14.2 Å². The molecule has 13 nitrogen and oxygen atoms in total. The number of phenols is 1. The number of nitrogens with zero attached hydrogens (tertiary/aromatic N) is 5. The Labute approximate surface area is 279 Å². The van der Waals surface area contributed by atoms with Crippen molar-refractivity contribution in [3.05, 3.63) is 112 Å². The van der Waals surface area contributed by atoms with E-state index in [1.54, 1.807) is 52.1 Å². The van der Waals surface area contributed by atoms with E-state index in [1.165, 1.54) is 34.2 Å². The zero-order valence-electron chi connectivity index (χ0n) is 28.0. The van der Waals surface area contributed by atoms with Crippen molar-refractivity contribution in [1.29, 1.82) is 0 Å². The summed E-state index contributed by atoms with van der Waals surface area (Å²) in [7, 11) is 4.61. The van der Waals surface area contributed by atoms with Crippen LogP contribution in [0.3, 0.4) is 0 Å². The molecule has 7 rings (SSSR count). The van der Waals surface area contributed by atoms with Crippen LogP contribution in [0.25, 0.3) is 11.0 Å². The lowest BCUT2D eigenvalue weighted by Gasteiger charge is -2.39. The first-order valence-electron chi connectivity index (χ1n) is 15.9. The molecule has 0 bridgehead atoms. The number of aryl methyl sites for hydroxylation is 4. The van der Waals surface area contributed by atoms with Gasteiger partial charge in [0.25, 0.3) is 5.56 Å². The molecule has 1 N–H and O–H groups in total. The Morgan fingerprint density at radius 2 is 1.61 bits per heavy atom. The van der Waals surface area contributed by atoms with E-state index in [-0.39, 0.29) is 54.5 Å². The van der Waals surface area contributed by atoms with Crippen LogP contribution in [0.15, 0.2) is 73.1 Å². The van der Waals surface area contributed by atoms with Gasteiger partial charge in [-0.15, -0.1) is 0 Å². The van der Waals surface area contributed by atoms with Crippen LogP contribution < -0.4 is 26.4 Å². The summed E-state index contributed by atoms with van der Waals surface area (Å²) in [6.45, 7) is 5.08. The van der Waals surface area contributed by atoms with Gasteiger partial charge in [-0.2, -0.15) is 0 Å². The van der Waals surface area contributed by atoms with E-state index in [0.29, 0.717) is 55.9 Å². The van der Waals surface area contributed by atoms with Crippen LogP contribution >= 0.6 is 0 Å². The number of benzene rings is 2. The normalized spacial score (nSPS) is 18.6. The van der Waals surface area contributed by atoms with Gasteiger partial charge in [0.15, 0.2) is 23.1 Å². The molecule has 2 aromatic heterocycles. The van der Waals surface area contributed by atoms with Crippen molar-refractivity contribution < 1.29 is 24.2 Å². The van der Waals surface area contributed by atoms with Crippen LogP contribution in [0.1, 0.15) is 47.7 Å². The molecule has 2 atom stereocenters. The van der Waals surface area contributed by atoms with Crippen molar-refractivity contribution in [1.82, 2.24) is 23.5 Å². The van der Waals surface area contributed by atoms with Crippen molar-refractivity contribution in [2.45, 2.75) is 58.7 Å². The maximum atomic E-state index is 14.1. The van der Waals surface area contributed by atoms with Gasteiger partial charge in [-0.1, -0.05) is 18.2 Å². The lowest BCUT2D eigenvalue weighted by Crippen LogP contribution is -2.40. The number of ether oxygens (including phenoxy) is 2. The fourth-order valence-corrected chi connectivity index (χ4v) is 7.52. The predicted octanol–water partition coefficient (Wildman–Crippen LogP) is 2.70. The minimum atomic E-state index is -0.717. The molecule has 2 aromatic carbocycles. The van der Waals surface area contributed by atoms with Gasteiger partial charge >= 0.3 is 11.4 Å². The molecule has 4 aromatic rings. The molecule has 0 amide bonds. The lowest BCUT2D eigenvalue weighted by molar-refractivity contribution is -0.116. The minimum Gasteiger partial charge on any atom is -0.507 e. The van der Waals surface area contributed by atoms with E-state index in [9.17, 15) is 29.1 Å². The van der Waals surface area contributed by atoms with Crippen LogP contribution in [-0.4, -0.2) is 54.4 Å². The monoisotopic (exact) mass is 665 g/mol. The van der Waals surface area contributed by atoms with Gasteiger partial charge in [0, 0.05) is 61.2 Å². The number of Topliss-reactive ketones (excluding diaryl/α,β-unsaturated/α-hetero) is 1. The SMILES string of the molecule is COc1cc2nc(CCn3c(=O)n4n(c3=O)[C@@H]3CC5=C(C(=O)C=C(C)C5=O)[C@@H](c5cc(C)c(O)c(C)c5)C3=CC4)c(=O)n(C)c2cc1OC. The molecular weight excluding hydrogens is 630 g/mol. The van der Waals surface area contributed by atoms with E-state index in [1.807, 2.05) is 6.08 Å². The molecule has 3 heterocycles. The van der Waals surface area contributed by atoms with Gasteiger partial charge in [-0.25, -0.2) is 28.5 Å². The standard InChI is InChI=1S/C36H35N5O8/c1-17-11-20(12-18(2)32(17)43)30-21-7-10-40-35(46)39(36(47)41(40)25(21)14-22-31(30)27(42)13-19(3)33(22)44)9-8-23-34(45)38(4)26-16-29(49-6)28(48-5)15-24(26)37-23/h7,11-13,15-16,25,30,43H,8-10,14H2,1-6H3/t25-,30+/m1/s1. The molecule has 0 spiro atoms. The third-order valence-electron chi connectivity index (χ3n) is 9.98. The molecule has 0 unspecified atom stereocenters. The van der Waals surface area contributed by atoms with Crippen LogP contribution in [-0.2, 0) is 36.1 Å². The average molecular weight is 666 g/mol. The van der Waals surface area contributed by atoms with Crippen LogP contribution in [0, 0.1) is 13.8 Å². The summed E-state index contributed by atoms with van der Waals surface area (Å²) in [5, 5.41) is 10.5. The molecule has 49 heavy (non-hydrogen) atoms. The molecule has 13 heteroatoms. The number of hydrogen-bond acceptors (Lipinski definition) is 9. The molecule has 2 aliphatic carbocycles. The smallest absolute Gasteiger partial charge is 0.347 e. The van der Waals surface area contributed by atoms with Gasteiger partial charge in [0.2, 0.25) is 0 Å². The van der Waals surface area contributed by atoms with E-state index >= 15 is 0 Å². The Hall–Kier alpha value is -5.72. The highest BCUT2D eigenvalue weighted by molar-refractivity contribution is 6.23. The average Bonchev–Trinajstić information content (AvgIpc) is 3.33. The predicted molar refractivity (Wildman–Crippen MR) is 180 cm³/mol. The second kappa shape index (κ2) is 11.5. The minimum absolute atomic E-state index is 0.00202. The molecule has 252 valence electrons. The summed E-state index contributed by atoms with van der Waals surface area (Å²) in [5.41, 5.74) is 3.31. The molecule has 0 saturated heterocycles. The second-order valence-corrected chi connectivity index (χ2v) is 12.8. The van der Waals surface area contributed by atoms with Crippen LogP contribution in [0.4, 0.5) is 0 Å². The number of carbonyl (C=O) groups excluding carboxylic acids is 2. The van der Waals surface area contributed by atoms with Crippen molar-refractivity contribution in [3.8, 4) is 17.2 Å². The van der Waals surface area contributed by atoms with Gasteiger partial charge in [-0.3, -0.25) is 14.4 Å². The number of ketones is 2. The highest BCUT2D eigenvalue weighted by Crippen LogP contribution is 2.50. The van der Waals surface area contributed by atoms with E-state index < -0.39 is 23.3 Å². The lowest BCUT2D eigenvalue weighted by atomic mass is 9.67. The third-order valence-corrected chi connectivity index (χ3v) is 9.98. The number of fused-ring (bicyclic) bond motifs is 4. The highest BCUT2D eigenvalue weighted by atomic mass is 16.5. The third kappa shape index (κ3) is 4.74. The number of aromatic hydroxyl groups is 1. The number of methoxy groups -OCH3 is 2. The second-order valence-electron chi connectivity index (χ2n) is 12.8. The zero-order chi connectivity index (χ0) is 35.0. The molecule has 1 aliphatic heterocycles. The van der Waals surface area contributed by atoms with Gasteiger partial charge < -0.3 is 19.1 Å². The summed E-state index contributed by atoms with van der Waals surface area (Å²) in [6, 6.07) is 6.20. The van der Waals surface area contributed by atoms with E-state index in [2.05, 4.69) is 4.98 Å². The van der Waals surface area contributed by atoms with Crippen molar-refractivity contribution >= 4 is 22.6 Å². The van der Waals surface area contributed by atoms with E-state index in [0.717, 1.165) is 10.1 Å². The molecule has 0 radical (unpaired) electrons. The summed E-state index contributed by atoms with van der Waals surface area (Å²) in [5.74, 6) is -0.178. The fourth-order valence-electron chi connectivity index (χ4n) is 7.52. The Morgan fingerprint density at radius 1 is 0.939 bits per heavy atom. The van der Waals surface area contributed by atoms with Crippen LogP contribution in [0.5, 0.6) is 17.2 Å². The molecule has 0 fully saturated rings. The van der Waals surface area contributed by atoms with Crippen molar-refractivity contribution in [2.24, 2.45) is 7.05 Å². The summed E-state index contributed by atoms with van der Waals surface area (Å²) >= 11 is 0. The number of carbonyl (C=O) groups is 2. The van der Waals surface area contributed by atoms with Crippen molar-refractivity contribution in [3.63, 3.8) is 0 Å². The largest absolute Gasteiger partial charge is 0.507 e. The molecular formula is C36H35N5O8. The summed E-state index contributed by atoms with van der Waals surface area (Å²) in [4.78, 5) is 72.9. The first-order chi connectivity index (χ1) is 23.4. The topological polar surface area (TPSA) is 157 Å². The van der Waals surface area contributed by atoms with E-state index in [4.69, 9.17) is 9.47 Å². The maximum Gasteiger partial charge on any atom is 0.347 e. The highest BCUT2D eigenvalue weighted by Gasteiger charge is 2.45. The van der Waals surface area contributed by atoms with Gasteiger partial charge in [0.05, 0.1) is 37.8 Å². The quantitative estimate of drug-likeness (QED) is 0.242. The Morgan fingerprint density at radius 3 is 2.29 bits per heavy atom. The maximum absolute atomic E-state index is 14.1. The summed E-state index contributed by atoms with van der Waals surface area (Å²) < 4.78 is 16.0. The van der Waals surface area contributed by atoms with Gasteiger partial charge in [-0.05, 0) is 49.1 Å². The zero-order valence-corrected chi connectivity index (χ0v) is 28.0. The first kappa shape index (κ1) is 31.9. The van der Waals surface area contributed by atoms with Gasteiger partial charge in [0.1, 0.15) is 11.4 Å². The number of allylic oxidation sites excluding steroid dienone is 6. The van der Waals surface area contributed by atoms with Crippen LogP contribution in [0.2, 0.25) is 0 Å². The number of rotatable bonds is 6. The Kier molecular flexibility index (Phi) is 7.45. The first-order valence-corrected chi connectivity index (χ1v) is 15.9.